The molecule has 9 heteroatoms. The number of ether oxygens (including phenoxy) is 1. The first-order chi connectivity index (χ1) is 14.1. The Morgan fingerprint density at radius 3 is 2.86 bits per heavy atom. The Kier molecular flexibility index (Phi) is 5.21. The quantitative estimate of drug-likeness (QED) is 0.499. The third-order valence-electron chi connectivity index (χ3n) is 4.08. The van der Waals surface area contributed by atoms with Crippen LogP contribution >= 0.6 is 0 Å². The Hall–Kier alpha value is -3.72. The molecule has 4 heterocycles. The lowest BCUT2D eigenvalue weighted by atomic mass is 10.4. The highest BCUT2D eigenvalue weighted by molar-refractivity contribution is 5.55. The lowest BCUT2D eigenvalue weighted by Crippen LogP contribution is -2.03. The molecule has 0 saturated heterocycles. The van der Waals surface area contributed by atoms with Crippen molar-refractivity contribution >= 4 is 11.5 Å². The number of hydrogen-bond donors (Lipinski definition) is 2. The fourth-order valence-electron chi connectivity index (χ4n) is 2.82. The molecule has 0 fully saturated rings. The smallest absolute Gasteiger partial charge is 0.224 e. The van der Waals surface area contributed by atoms with E-state index in [1.54, 1.807) is 40.1 Å². The molecule has 4 rings (SSSR count). The summed E-state index contributed by atoms with van der Waals surface area (Å²) in [6, 6.07) is 11.2. The Bertz CT molecular complexity index is 1120. The lowest BCUT2D eigenvalue weighted by molar-refractivity contribution is 0.269. The maximum atomic E-state index is 9.00. The van der Waals surface area contributed by atoms with E-state index in [1.165, 1.54) is 0 Å². The summed E-state index contributed by atoms with van der Waals surface area (Å²) >= 11 is 0. The predicted molar refractivity (Wildman–Crippen MR) is 108 cm³/mol. The first-order valence-corrected chi connectivity index (χ1v) is 9.16. The number of aromatic nitrogens is 6. The average molecular weight is 391 g/mol. The zero-order valence-electron chi connectivity index (χ0n) is 16.1. The lowest BCUT2D eigenvalue weighted by Gasteiger charge is -2.10. The molecule has 0 saturated carbocycles. The number of pyridine rings is 2. The first-order valence-electron chi connectivity index (χ1n) is 9.16. The van der Waals surface area contributed by atoms with Crippen molar-refractivity contribution in [1.82, 2.24) is 29.5 Å². The van der Waals surface area contributed by atoms with E-state index in [-0.39, 0.29) is 6.61 Å². The van der Waals surface area contributed by atoms with Crippen LogP contribution in [-0.4, -0.2) is 41.2 Å². The minimum atomic E-state index is 0.0333. The molecule has 148 valence electrons. The van der Waals surface area contributed by atoms with Crippen LogP contribution < -0.4 is 10.1 Å². The topological polar surface area (TPSA) is 103 Å². The van der Waals surface area contributed by atoms with Crippen molar-refractivity contribution < 1.29 is 9.84 Å². The number of aliphatic hydroxyl groups excluding tert-OH is 1. The normalized spacial score (nSPS) is 10.9. The molecule has 0 aliphatic heterocycles. The van der Waals surface area contributed by atoms with Gasteiger partial charge in [0.05, 0.1) is 30.7 Å². The van der Waals surface area contributed by atoms with Gasteiger partial charge in [-0.3, -0.25) is 4.68 Å². The number of nitrogens with zero attached hydrogens (tertiary/aromatic N) is 6. The molecule has 9 nitrogen and oxygen atoms in total. The Labute approximate surface area is 167 Å². The van der Waals surface area contributed by atoms with E-state index < -0.39 is 0 Å². The molecule has 29 heavy (non-hydrogen) atoms. The molecular weight excluding hydrogens is 370 g/mol. The minimum absolute atomic E-state index is 0.0333. The van der Waals surface area contributed by atoms with E-state index in [2.05, 4.69) is 25.5 Å². The van der Waals surface area contributed by atoms with Gasteiger partial charge in [-0.15, -0.1) is 0 Å². The van der Waals surface area contributed by atoms with E-state index in [0.717, 1.165) is 17.1 Å². The highest BCUT2D eigenvalue weighted by atomic mass is 16.5. The summed E-state index contributed by atoms with van der Waals surface area (Å²) in [6.45, 7) is 4.31. The van der Waals surface area contributed by atoms with E-state index in [1.807, 2.05) is 38.1 Å². The van der Waals surface area contributed by atoms with Crippen LogP contribution in [0.25, 0.3) is 5.82 Å². The van der Waals surface area contributed by atoms with Gasteiger partial charge in [0.15, 0.2) is 5.82 Å². The van der Waals surface area contributed by atoms with Gasteiger partial charge in [-0.05, 0) is 32.0 Å². The second-order valence-electron chi connectivity index (χ2n) is 6.49. The summed E-state index contributed by atoms with van der Waals surface area (Å²) in [5, 5.41) is 20.8. The zero-order valence-corrected chi connectivity index (χ0v) is 16.1. The zero-order chi connectivity index (χ0) is 20.2. The standard InChI is InChI=1S/C20H21N7O2/c1-14-4-3-5-19(23-14)27-20(10-15(2)25-27)29-17-6-7-21-18(11-17)24-16-12-22-26(13-16)8-9-28/h3-7,10-13,28H,8-9H2,1-2H3,(H,21,24). The first kappa shape index (κ1) is 18.6. The summed E-state index contributed by atoms with van der Waals surface area (Å²) in [5.41, 5.74) is 2.50. The van der Waals surface area contributed by atoms with Gasteiger partial charge in [0, 0.05) is 30.2 Å². The Morgan fingerprint density at radius 1 is 1.14 bits per heavy atom. The van der Waals surface area contributed by atoms with Gasteiger partial charge in [0.1, 0.15) is 11.6 Å². The molecule has 4 aromatic heterocycles. The fraction of sp³-hybridized carbons (Fsp3) is 0.200. The maximum absolute atomic E-state index is 9.00. The van der Waals surface area contributed by atoms with E-state index >= 15 is 0 Å². The van der Waals surface area contributed by atoms with Crippen LogP contribution in [0.3, 0.4) is 0 Å². The van der Waals surface area contributed by atoms with Crippen molar-refractivity contribution in [2.75, 3.05) is 11.9 Å². The summed E-state index contributed by atoms with van der Waals surface area (Å²) in [5.74, 6) is 2.48. The second-order valence-corrected chi connectivity index (χ2v) is 6.49. The third kappa shape index (κ3) is 4.41. The molecule has 0 spiro atoms. The minimum Gasteiger partial charge on any atom is -0.439 e. The molecule has 4 aromatic rings. The average Bonchev–Trinajstić information content (AvgIpc) is 3.28. The van der Waals surface area contributed by atoms with Crippen molar-refractivity contribution in [3.63, 3.8) is 0 Å². The highest BCUT2D eigenvalue weighted by Crippen LogP contribution is 2.26. The number of rotatable bonds is 7. The number of nitrogens with one attached hydrogen (secondary N) is 1. The van der Waals surface area contributed by atoms with Crippen molar-refractivity contribution in [3.05, 3.63) is 66.4 Å². The molecule has 0 aliphatic rings. The monoisotopic (exact) mass is 391 g/mol. The van der Waals surface area contributed by atoms with E-state index in [4.69, 9.17) is 9.84 Å². The molecular formula is C20H21N7O2. The number of aryl methyl sites for hydroxylation is 2. The number of hydrogen-bond acceptors (Lipinski definition) is 7. The largest absolute Gasteiger partial charge is 0.439 e. The fourth-order valence-corrected chi connectivity index (χ4v) is 2.82. The van der Waals surface area contributed by atoms with Crippen LogP contribution in [0.5, 0.6) is 11.6 Å². The molecule has 0 unspecified atom stereocenters. The van der Waals surface area contributed by atoms with Crippen LogP contribution in [-0.2, 0) is 6.54 Å². The third-order valence-corrected chi connectivity index (χ3v) is 4.08. The van der Waals surface area contributed by atoms with Gasteiger partial charge >= 0.3 is 0 Å². The molecule has 0 bridgehead atoms. The Morgan fingerprint density at radius 2 is 2.03 bits per heavy atom. The SMILES string of the molecule is Cc1cccc(-n2nc(C)cc2Oc2ccnc(Nc3cnn(CCO)c3)c2)n1. The van der Waals surface area contributed by atoms with Gasteiger partial charge < -0.3 is 15.2 Å². The Balaban J connectivity index is 1.55. The number of anilines is 2. The summed E-state index contributed by atoms with van der Waals surface area (Å²) in [4.78, 5) is 8.84. The van der Waals surface area contributed by atoms with Gasteiger partial charge in [-0.2, -0.15) is 14.9 Å². The number of aliphatic hydroxyl groups is 1. The summed E-state index contributed by atoms with van der Waals surface area (Å²) in [6.07, 6.45) is 5.13. The van der Waals surface area contributed by atoms with Crippen molar-refractivity contribution in [3.8, 4) is 17.4 Å². The molecule has 0 atom stereocenters. The highest BCUT2D eigenvalue weighted by Gasteiger charge is 2.12. The van der Waals surface area contributed by atoms with Crippen molar-refractivity contribution in [1.29, 1.82) is 0 Å². The van der Waals surface area contributed by atoms with Gasteiger partial charge in [0.25, 0.3) is 0 Å². The molecule has 0 aromatic carbocycles. The van der Waals surface area contributed by atoms with Crippen LogP contribution in [0.2, 0.25) is 0 Å². The van der Waals surface area contributed by atoms with Gasteiger partial charge in [-0.25, -0.2) is 9.97 Å². The molecule has 2 N–H and O–H groups in total. The van der Waals surface area contributed by atoms with Crippen molar-refractivity contribution in [2.24, 2.45) is 0 Å². The van der Waals surface area contributed by atoms with Crippen LogP contribution in [0, 0.1) is 13.8 Å². The molecule has 0 aliphatic carbocycles. The van der Waals surface area contributed by atoms with Crippen LogP contribution in [0.1, 0.15) is 11.4 Å². The second kappa shape index (κ2) is 8.11. The predicted octanol–water partition coefficient (Wildman–Crippen LogP) is 3.00. The molecule has 0 amide bonds. The summed E-state index contributed by atoms with van der Waals surface area (Å²) in [7, 11) is 0. The van der Waals surface area contributed by atoms with Crippen LogP contribution in [0.15, 0.2) is 55.0 Å². The maximum Gasteiger partial charge on any atom is 0.224 e. The van der Waals surface area contributed by atoms with Gasteiger partial charge in [0.2, 0.25) is 5.88 Å². The molecule has 0 radical (unpaired) electrons. The van der Waals surface area contributed by atoms with E-state index in [0.29, 0.717) is 29.8 Å². The van der Waals surface area contributed by atoms with E-state index in [9.17, 15) is 0 Å². The van der Waals surface area contributed by atoms with Crippen LogP contribution in [0.4, 0.5) is 11.5 Å². The summed E-state index contributed by atoms with van der Waals surface area (Å²) < 4.78 is 9.40. The van der Waals surface area contributed by atoms with Gasteiger partial charge in [-0.1, -0.05) is 6.07 Å². The van der Waals surface area contributed by atoms with Crippen molar-refractivity contribution in [2.45, 2.75) is 20.4 Å².